The number of aryl methyl sites for hydroxylation is 2. The van der Waals surface area contributed by atoms with E-state index in [2.05, 4.69) is 56.2 Å². The Morgan fingerprint density at radius 3 is 2.07 bits per heavy atom. The molecule has 0 amide bonds. The van der Waals surface area contributed by atoms with Gasteiger partial charge in [-0.2, -0.15) is 15.0 Å². The molecule has 0 fully saturated rings. The van der Waals surface area contributed by atoms with Crippen LogP contribution in [0, 0.1) is 6.92 Å². The predicted molar refractivity (Wildman–Crippen MR) is 219 cm³/mol. The largest absolute Gasteiger partial charge is 0.479 e. The van der Waals surface area contributed by atoms with Crippen LogP contribution in [0.1, 0.15) is 37.4 Å². The Morgan fingerprint density at radius 2 is 1.35 bits per heavy atom. The van der Waals surface area contributed by atoms with E-state index in [1.807, 2.05) is 31.2 Å². The first kappa shape index (κ1) is 35.0. The van der Waals surface area contributed by atoms with Gasteiger partial charge in [0.25, 0.3) is 5.56 Å². The van der Waals surface area contributed by atoms with Gasteiger partial charge < -0.3 is 25.6 Å². The number of nitrogens with one attached hydrogen (secondary N) is 3. The molecule has 0 spiro atoms. The summed E-state index contributed by atoms with van der Waals surface area (Å²) in [5.41, 5.74) is 4.89. The van der Waals surface area contributed by atoms with Crippen molar-refractivity contribution >= 4 is 95.0 Å². The molecule has 8 rings (SSSR count). The van der Waals surface area contributed by atoms with E-state index in [9.17, 15) is 19.5 Å². The van der Waals surface area contributed by atoms with Crippen LogP contribution in [0.4, 0.5) is 34.6 Å². The van der Waals surface area contributed by atoms with Crippen LogP contribution in [0.2, 0.25) is 0 Å². The van der Waals surface area contributed by atoms with Crippen molar-refractivity contribution in [1.82, 2.24) is 19.5 Å². The minimum absolute atomic E-state index is 0.0417. The van der Waals surface area contributed by atoms with Gasteiger partial charge in [-0.1, -0.05) is 54.6 Å². The summed E-state index contributed by atoms with van der Waals surface area (Å²) in [7, 11) is 1.59. The monoisotopic (exact) mass is 767 g/mol. The zero-order valence-corrected chi connectivity index (χ0v) is 31.2. The molecule has 14 heteroatoms. The summed E-state index contributed by atoms with van der Waals surface area (Å²) in [6, 6.07) is 27.7. The minimum atomic E-state index is -0.496. The van der Waals surface area contributed by atoms with Gasteiger partial charge >= 0.3 is 6.01 Å². The third-order valence-electron chi connectivity index (χ3n) is 9.21. The van der Waals surface area contributed by atoms with E-state index in [1.165, 1.54) is 4.57 Å². The number of hydrogen-bond acceptors (Lipinski definition) is 13. The van der Waals surface area contributed by atoms with Crippen LogP contribution in [-0.2, 0) is 7.05 Å². The Balaban J connectivity index is 1.24. The van der Waals surface area contributed by atoms with Crippen molar-refractivity contribution in [2.24, 2.45) is 7.05 Å². The van der Waals surface area contributed by atoms with Gasteiger partial charge in [0, 0.05) is 49.5 Å². The summed E-state index contributed by atoms with van der Waals surface area (Å²) in [6.45, 7) is 1.93. The van der Waals surface area contributed by atoms with Gasteiger partial charge in [0.05, 0.1) is 33.7 Å². The molecule has 1 aliphatic rings. The maximum atomic E-state index is 14.4. The number of benzene rings is 5. The van der Waals surface area contributed by atoms with Crippen molar-refractivity contribution in [2.45, 2.75) is 21.6 Å². The third kappa shape index (κ3) is 6.13. The number of para-hydroxylation sites is 1. The number of nitrogens with zero attached hydrogens (tertiary/aromatic N) is 4. The van der Waals surface area contributed by atoms with Crippen molar-refractivity contribution in [3.05, 3.63) is 135 Å². The highest BCUT2D eigenvalue weighted by Crippen LogP contribution is 2.45. The Morgan fingerprint density at radius 1 is 0.685 bits per heavy atom. The molecule has 11 nitrogen and oxygen atoms in total. The smallest absolute Gasteiger partial charge is 0.320 e. The molecule has 5 aromatic carbocycles. The standard InChI is InChI=1S/C40H29N7O4S3/c1-19-8-3-6-13-24(19)42-38-44-39(46-40(51)45-38)43-27-17-26(29(53)18-30(27)54)41-25-14-15-28-33-31(22-11-4-5-12-23(22)36(49)32(25)33)34(37(50)47(28)2)35(48)20-9-7-10-21(52)16-20/h3-18,41,52-54H,1-2H3,(H3,42,43,44,45,46,51). The highest BCUT2D eigenvalue weighted by molar-refractivity contribution is 7.81. The summed E-state index contributed by atoms with van der Waals surface area (Å²) < 4.78 is 1.40. The molecule has 54 heavy (non-hydrogen) atoms. The molecular weight excluding hydrogens is 739 g/mol. The van der Waals surface area contributed by atoms with Gasteiger partial charge in [0.2, 0.25) is 11.9 Å². The SMILES string of the molecule is Cc1ccccc1Nc1nc(O)nc(Nc2cc(Nc3ccc4c5c3C(=O)c3ccccc3-c5c(C(=O)c3cccc(S)c3)c(=O)n4C)c(S)cc2S)n1. The number of ketones is 2. The van der Waals surface area contributed by atoms with E-state index in [0.717, 1.165) is 11.3 Å². The van der Waals surface area contributed by atoms with Gasteiger partial charge in [-0.3, -0.25) is 14.4 Å². The number of anilines is 6. The molecule has 0 atom stereocenters. The number of carbonyl (C=O) groups is 2. The zero-order valence-electron chi connectivity index (χ0n) is 28.5. The Hall–Kier alpha value is -6.09. The first-order chi connectivity index (χ1) is 26.0. The van der Waals surface area contributed by atoms with Gasteiger partial charge in [0.1, 0.15) is 0 Å². The maximum absolute atomic E-state index is 14.4. The number of carbonyl (C=O) groups excluding carboxylic acids is 2. The fourth-order valence-electron chi connectivity index (χ4n) is 6.63. The zero-order chi connectivity index (χ0) is 37.8. The van der Waals surface area contributed by atoms with Crippen LogP contribution < -0.4 is 21.5 Å². The average molecular weight is 768 g/mol. The van der Waals surface area contributed by atoms with Crippen molar-refractivity contribution in [3.8, 4) is 17.1 Å². The average Bonchev–Trinajstić information content (AvgIpc) is 3.14. The summed E-state index contributed by atoms with van der Waals surface area (Å²) >= 11 is 13.8. The number of thiol groups is 3. The van der Waals surface area contributed by atoms with E-state index in [-0.39, 0.29) is 23.2 Å². The Bertz CT molecular complexity index is 2810. The number of aromatic nitrogens is 4. The Kier molecular flexibility index (Phi) is 8.88. The van der Waals surface area contributed by atoms with E-state index < -0.39 is 17.4 Å². The topological polar surface area (TPSA) is 151 Å². The van der Waals surface area contributed by atoms with Crippen molar-refractivity contribution in [2.75, 3.05) is 16.0 Å². The van der Waals surface area contributed by atoms with Crippen LogP contribution in [-0.4, -0.2) is 36.2 Å². The molecule has 2 aromatic heterocycles. The first-order valence-electron chi connectivity index (χ1n) is 16.5. The van der Waals surface area contributed by atoms with Crippen LogP contribution in [0.3, 0.4) is 0 Å². The minimum Gasteiger partial charge on any atom is -0.479 e. The normalized spacial score (nSPS) is 11.7. The lowest BCUT2D eigenvalue weighted by Gasteiger charge is -2.26. The Labute approximate surface area is 324 Å². The molecule has 0 bridgehead atoms. The number of fused-ring (bicyclic) bond motifs is 2. The highest BCUT2D eigenvalue weighted by atomic mass is 32.1. The number of pyridine rings is 1. The lowest BCUT2D eigenvalue weighted by atomic mass is 9.80. The van der Waals surface area contributed by atoms with Crippen molar-refractivity contribution < 1.29 is 14.7 Å². The van der Waals surface area contributed by atoms with Crippen LogP contribution in [0.5, 0.6) is 6.01 Å². The van der Waals surface area contributed by atoms with Crippen LogP contribution in [0.15, 0.2) is 117 Å². The van der Waals surface area contributed by atoms with Crippen molar-refractivity contribution in [3.63, 3.8) is 0 Å². The van der Waals surface area contributed by atoms with Gasteiger partial charge in [-0.25, -0.2) is 0 Å². The van der Waals surface area contributed by atoms with Gasteiger partial charge in [-0.05, 0) is 60.5 Å². The molecule has 4 N–H and O–H groups in total. The molecule has 0 aliphatic heterocycles. The van der Waals surface area contributed by atoms with E-state index in [4.69, 9.17) is 12.6 Å². The molecule has 0 radical (unpaired) electrons. The third-order valence-corrected chi connectivity index (χ3v) is 10.2. The van der Waals surface area contributed by atoms with Gasteiger partial charge in [-0.15, -0.1) is 37.9 Å². The lowest BCUT2D eigenvalue weighted by Crippen LogP contribution is -2.29. The number of aromatic hydroxyl groups is 1. The molecule has 2 heterocycles. The summed E-state index contributed by atoms with van der Waals surface area (Å²) in [5, 5.41) is 20.4. The number of hydrogen-bond donors (Lipinski definition) is 7. The summed E-state index contributed by atoms with van der Waals surface area (Å²) in [5.74, 6) is -0.582. The van der Waals surface area contributed by atoms with Gasteiger partial charge in [0.15, 0.2) is 11.6 Å². The molecule has 0 saturated carbocycles. The fourth-order valence-corrected chi connectivity index (χ4v) is 7.46. The highest BCUT2D eigenvalue weighted by Gasteiger charge is 2.34. The molecule has 7 aromatic rings. The van der Waals surface area contributed by atoms with E-state index in [0.29, 0.717) is 70.5 Å². The fraction of sp³-hybridized carbons (Fsp3) is 0.0500. The summed E-state index contributed by atoms with van der Waals surface area (Å²) in [6.07, 6.45) is 0. The van der Waals surface area contributed by atoms with E-state index >= 15 is 0 Å². The molecule has 266 valence electrons. The molecule has 0 unspecified atom stereocenters. The molecular formula is C40H29N7O4S3. The second-order valence-corrected chi connectivity index (χ2v) is 14.1. The van der Waals surface area contributed by atoms with Crippen LogP contribution >= 0.6 is 37.9 Å². The van der Waals surface area contributed by atoms with Crippen LogP contribution in [0.25, 0.3) is 22.0 Å². The molecule has 1 aliphatic carbocycles. The molecule has 0 saturated heterocycles. The summed E-state index contributed by atoms with van der Waals surface area (Å²) in [4.78, 5) is 56.8. The first-order valence-corrected chi connectivity index (χ1v) is 17.9. The second kappa shape index (κ2) is 13.7. The quantitative estimate of drug-likeness (QED) is 0.0595. The maximum Gasteiger partial charge on any atom is 0.320 e. The predicted octanol–water partition coefficient (Wildman–Crippen LogP) is 8.28. The lowest BCUT2D eigenvalue weighted by molar-refractivity contribution is 0.102. The number of rotatable bonds is 8. The van der Waals surface area contributed by atoms with Crippen molar-refractivity contribution in [1.29, 1.82) is 0 Å². The van der Waals surface area contributed by atoms with E-state index in [1.54, 1.807) is 79.8 Å². The second-order valence-electron chi connectivity index (χ2n) is 12.6.